The number of carbonyl (C=O) groups excluding carboxylic acids is 2. The van der Waals surface area contributed by atoms with Crippen molar-refractivity contribution < 1.29 is 23.5 Å². The summed E-state index contributed by atoms with van der Waals surface area (Å²) in [6.07, 6.45) is 0. The summed E-state index contributed by atoms with van der Waals surface area (Å²) >= 11 is 0. The Morgan fingerprint density at radius 2 is 1.81 bits per heavy atom. The highest BCUT2D eigenvalue weighted by Crippen LogP contribution is 2.35. The van der Waals surface area contributed by atoms with E-state index < -0.39 is 17.6 Å². The summed E-state index contributed by atoms with van der Waals surface area (Å²) < 4.78 is 24.2. The van der Waals surface area contributed by atoms with Crippen LogP contribution in [0.5, 0.6) is 11.5 Å². The smallest absolute Gasteiger partial charge is 0.313 e. The Hall–Kier alpha value is -3.17. The monoisotopic (exact) mass is 428 g/mol. The standard InChI is InChI=1S/C22H25FN4O4/c1-26-7-9-27(10-8-26)18(15-5-6-19-20(11-15)31-14-30-19)13-24-21(28)22(29)25-17-4-2-3-16(23)12-17/h2-6,11-12,18H,7-10,13-14H2,1H3,(H,24,28)(H,25,29)/t18-/m0/s1. The SMILES string of the molecule is CN1CCN([C@@H](CNC(=O)C(=O)Nc2cccc(F)c2)c2ccc3c(c2)OCO3)CC1. The Labute approximate surface area is 179 Å². The molecule has 1 atom stereocenters. The minimum atomic E-state index is -0.839. The number of hydrogen-bond donors (Lipinski definition) is 2. The molecular weight excluding hydrogens is 403 g/mol. The first-order chi connectivity index (χ1) is 15.0. The van der Waals surface area contributed by atoms with E-state index in [2.05, 4.69) is 27.5 Å². The summed E-state index contributed by atoms with van der Waals surface area (Å²) in [7, 11) is 2.07. The third-order valence-corrected chi connectivity index (χ3v) is 5.50. The molecule has 2 aromatic rings. The number of fused-ring (bicyclic) bond motifs is 1. The Balaban J connectivity index is 1.44. The molecule has 8 nitrogen and oxygen atoms in total. The summed E-state index contributed by atoms with van der Waals surface area (Å²) in [5.74, 6) is -0.736. The molecule has 31 heavy (non-hydrogen) atoms. The van der Waals surface area contributed by atoms with E-state index in [-0.39, 0.29) is 25.1 Å². The molecule has 0 spiro atoms. The van der Waals surface area contributed by atoms with Crippen molar-refractivity contribution in [2.45, 2.75) is 6.04 Å². The third-order valence-electron chi connectivity index (χ3n) is 5.50. The molecule has 0 unspecified atom stereocenters. The molecule has 0 radical (unpaired) electrons. The van der Waals surface area contributed by atoms with Crippen molar-refractivity contribution in [3.8, 4) is 11.5 Å². The van der Waals surface area contributed by atoms with Crippen molar-refractivity contribution >= 4 is 17.5 Å². The number of amides is 2. The maximum atomic E-state index is 13.3. The first-order valence-electron chi connectivity index (χ1n) is 10.2. The zero-order valence-electron chi connectivity index (χ0n) is 17.3. The lowest BCUT2D eigenvalue weighted by Crippen LogP contribution is -2.49. The molecule has 2 aliphatic heterocycles. The second kappa shape index (κ2) is 9.32. The number of nitrogens with zero attached hydrogens (tertiary/aromatic N) is 2. The van der Waals surface area contributed by atoms with E-state index in [1.807, 2.05) is 18.2 Å². The molecule has 4 rings (SSSR count). The maximum absolute atomic E-state index is 13.3. The number of piperazine rings is 1. The number of ether oxygens (including phenoxy) is 2. The molecule has 9 heteroatoms. The summed E-state index contributed by atoms with van der Waals surface area (Å²) in [5, 5.41) is 5.14. The molecule has 2 aliphatic rings. The minimum Gasteiger partial charge on any atom is -0.454 e. The molecule has 1 fully saturated rings. The number of benzene rings is 2. The van der Waals surface area contributed by atoms with Crippen molar-refractivity contribution in [1.82, 2.24) is 15.1 Å². The van der Waals surface area contributed by atoms with Crippen molar-refractivity contribution in [3.05, 3.63) is 53.8 Å². The van der Waals surface area contributed by atoms with Crippen molar-refractivity contribution in [2.75, 3.05) is 51.9 Å². The van der Waals surface area contributed by atoms with Gasteiger partial charge >= 0.3 is 11.8 Å². The van der Waals surface area contributed by atoms with Gasteiger partial charge in [0.25, 0.3) is 0 Å². The summed E-state index contributed by atoms with van der Waals surface area (Å²) in [6.45, 7) is 3.93. The average molecular weight is 428 g/mol. The normalized spacial score (nSPS) is 17.2. The largest absolute Gasteiger partial charge is 0.454 e. The van der Waals surface area contributed by atoms with Crippen LogP contribution in [0.15, 0.2) is 42.5 Å². The minimum absolute atomic E-state index is 0.130. The van der Waals surface area contributed by atoms with E-state index in [0.29, 0.717) is 11.5 Å². The van der Waals surface area contributed by atoms with Gasteiger partial charge < -0.3 is 25.0 Å². The fourth-order valence-electron chi connectivity index (χ4n) is 3.74. The van der Waals surface area contributed by atoms with Gasteiger partial charge in [-0.05, 0) is 42.9 Å². The highest BCUT2D eigenvalue weighted by molar-refractivity contribution is 6.39. The van der Waals surface area contributed by atoms with Crippen molar-refractivity contribution in [1.29, 1.82) is 0 Å². The number of rotatable bonds is 5. The molecule has 2 N–H and O–H groups in total. The number of carbonyl (C=O) groups is 2. The second-order valence-corrected chi connectivity index (χ2v) is 7.64. The topological polar surface area (TPSA) is 83.1 Å². The second-order valence-electron chi connectivity index (χ2n) is 7.64. The summed E-state index contributed by atoms with van der Waals surface area (Å²) in [5.41, 5.74) is 1.20. The molecule has 0 bridgehead atoms. The van der Waals surface area contributed by atoms with Gasteiger partial charge in [-0.3, -0.25) is 14.5 Å². The fourth-order valence-corrected chi connectivity index (χ4v) is 3.74. The van der Waals surface area contributed by atoms with Gasteiger partial charge in [-0.25, -0.2) is 4.39 Å². The van der Waals surface area contributed by atoms with E-state index in [1.165, 1.54) is 18.2 Å². The zero-order chi connectivity index (χ0) is 21.8. The number of likely N-dealkylation sites (N-methyl/N-ethyl adjacent to an activating group) is 1. The average Bonchev–Trinajstić information content (AvgIpc) is 3.23. The number of anilines is 1. The van der Waals surface area contributed by atoms with E-state index in [0.717, 1.165) is 37.8 Å². The van der Waals surface area contributed by atoms with Crippen molar-refractivity contribution in [2.24, 2.45) is 0 Å². The molecular formula is C22H25FN4O4. The van der Waals surface area contributed by atoms with E-state index in [1.54, 1.807) is 0 Å². The van der Waals surface area contributed by atoms with Gasteiger partial charge in [0.2, 0.25) is 6.79 Å². The Morgan fingerprint density at radius 3 is 2.58 bits per heavy atom. The molecule has 2 amide bonds. The highest BCUT2D eigenvalue weighted by Gasteiger charge is 2.27. The van der Waals surface area contributed by atoms with Crippen LogP contribution in [0.2, 0.25) is 0 Å². The van der Waals surface area contributed by atoms with Gasteiger partial charge in [-0.1, -0.05) is 12.1 Å². The van der Waals surface area contributed by atoms with Crippen LogP contribution >= 0.6 is 0 Å². The number of halogens is 1. The van der Waals surface area contributed by atoms with Gasteiger partial charge in [-0.2, -0.15) is 0 Å². The number of hydrogen-bond acceptors (Lipinski definition) is 6. The van der Waals surface area contributed by atoms with Crippen LogP contribution in [0.25, 0.3) is 0 Å². The molecule has 164 valence electrons. The van der Waals surface area contributed by atoms with Crippen LogP contribution in [0, 0.1) is 5.82 Å². The number of nitrogens with one attached hydrogen (secondary N) is 2. The quantitative estimate of drug-likeness (QED) is 0.704. The summed E-state index contributed by atoms with van der Waals surface area (Å²) in [4.78, 5) is 29.2. The van der Waals surface area contributed by atoms with Crippen LogP contribution in [-0.2, 0) is 9.59 Å². The van der Waals surface area contributed by atoms with Crippen LogP contribution in [0.4, 0.5) is 10.1 Å². The van der Waals surface area contributed by atoms with Gasteiger partial charge in [0, 0.05) is 38.4 Å². The van der Waals surface area contributed by atoms with Crippen molar-refractivity contribution in [3.63, 3.8) is 0 Å². The molecule has 0 saturated carbocycles. The molecule has 1 saturated heterocycles. The third kappa shape index (κ3) is 5.12. The Kier molecular flexibility index (Phi) is 6.34. The molecule has 0 aliphatic carbocycles. The first kappa shape index (κ1) is 21.1. The summed E-state index contributed by atoms with van der Waals surface area (Å²) in [6, 6.07) is 11.0. The molecule has 0 aromatic heterocycles. The Bertz CT molecular complexity index is 962. The Morgan fingerprint density at radius 1 is 1.03 bits per heavy atom. The first-order valence-corrected chi connectivity index (χ1v) is 10.2. The highest BCUT2D eigenvalue weighted by atomic mass is 19.1. The van der Waals surface area contributed by atoms with Gasteiger partial charge in [0.05, 0.1) is 6.04 Å². The maximum Gasteiger partial charge on any atom is 0.313 e. The predicted octanol–water partition coefficient (Wildman–Crippen LogP) is 1.60. The molecule has 2 heterocycles. The van der Waals surface area contributed by atoms with Crippen LogP contribution < -0.4 is 20.1 Å². The lowest BCUT2D eigenvalue weighted by Gasteiger charge is -2.38. The van der Waals surface area contributed by atoms with Gasteiger partial charge in [-0.15, -0.1) is 0 Å². The van der Waals surface area contributed by atoms with E-state index in [4.69, 9.17) is 9.47 Å². The van der Waals surface area contributed by atoms with Gasteiger partial charge in [0.15, 0.2) is 11.5 Å². The zero-order valence-corrected chi connectivity index (χ0v) is 17.3. The van der Waals surface area contributed by atoms with E-state index >= 15 is 0 Å². The van der Waals surface area contributed by atoms with Crippen LogP contribution in [0.1, 0.15) is 11.6 Å². The van der Waals surface area contributed by atoms with Gasteiger partial charge in [0.1, 0.15) is 5.82 Å². The van der Waals surface area contributed by atoms with Crippen LogP contribution in [0.3, 0.4) is 0 Å². The lowest BCUT2D eigenvalue weighted by molar-refractivity contribution is -0.136. The van der Waals surface area contributed by atoms with E-state index in [9.17, 15) is 14.0 Å². The lowest BCUT2D eigenvalue weighted by atomic mass is 10.0. The predicted molar refractivity (Wildman–Crippen MR) is 112 cm³/mol. The fraction of sp³-hybridized carbons (Fsp3) is 0.364. The molecule has 2 aromatic carbocycles. The van der Waals surface area contributed by atoms with Crippen LogP contribution in [-0.4, -0.2) is 68.2 Å².